The highest BCUT2D eigenvalue weighted by Gasteiger charge is 2.11. The Balaban J connectivity index is 0.000000342. The Morgan fingerprint density at radius 2 is 1.68 bits per heavy atom. The second-order valence-electron chi connectivity index (χ2n) is 3.37. The molecule has 0 aromatic carbocycles. The lowest BCUT2D eigenvalue weighted by Crippen LogP contribution is -2.15. The zero-order valence-electron chi connectivity index (χ0n) is 9.98. The molecule has 11 heteroatoms. The van der Waals surface area contributed by atoms with Crippen molar-refractivity contribution in [1.29, 1.82) is 0 Å². The molecular weight excluding hydrogens is 338 g/mol. The lowest BCUT2D eigenvalue weighted by atomic mass is 10.3. The van der Waals surface area contributed by atoms with Crippen LogP contribution in [0.25, 0.3) is 0 Å². The van der Waals surface area contributed by atoms with Crippen LogP contribution in [0.2, 0.25) is 0 Å². The van der Waals surface area contributed by atoms with Crippen molar-refractivity contribution in [2.24, 2.45) is 0 Å². The molecule has 19 heavy (non-hydrogen) atoms. The number of hydrogen-bond acceptors (Lipinski definition) is 6. The van der Waals surface area contributed by atoms with E-state index in [9.17, 15) is 16.8 Å². The summed E-state index contributed by atoms with van der Waals surface area (Å²) in [6, 6.07) is 0. The molecule has 0 spiro atoms. The Bertz CT molecular complexity index is 547. The summed E-state index contributed by atoms with van der Waals surface area (Å²) >= 11 is 7.22. The molecule has 1 heterocycles. The molecule has 0 saturated heterocycles. The van der Waals surface area contributed by atoms with Gasteiger partial charge in [0.25, 0.3) is 20.2 Å². The first kappa shape index (κ1) is 18.7. The molecule has 7 nitrogen and oxygen atoms in total. The molecule has 0 aliphatic heterocycles. The van der Waals surface area contributed by atoms with Gasteiger partial charge in [0.05, 0.1) is 22.7 Å². The van der Waals surface area contributed by atoms with E-state index >= 15 is 0 Å². The summed E-state index contributed by atoms with van der Waals surface area (Å²) in [4.78, 5) is 5.41. The standard InChI is InChI=1S/C6H8ClNS.C2H6O6S2/c1-5-6(2-3-7)9-4-8-5;3-9(4,5)1-2-10(6,7)8/h4H,2-3H2,1H3;1-2H2,(H,3,4,5)(H,6,7,8). The lowest BCUT2D eigenvalue weighted by molar-refractivity contribution is 0.472. The van der Waals surface area contributed by atoms with Gasteiger partial charge in [-0.05, 0) is 13.3 Å². The highest BCUT2D eigenvalue weighted by molar-refractivity contribution is 7.89. The van der Waals surface area contributed by atoms with Crippen LogP contribution in [0.15, 0.2) is 5.51 Å². The molecule has 112 valence electrons. The van der Waals surface area contributed by atoms with Crippen LogP contribution in [0.5, 0.6) is 0 Å². The van der Waals surface area contributed by atoms with Crippen LogP contribution < -0.4 is 0 Å². The molecular formula is C8H14ClNO6S3. The summed E-state index contributed by atoms with van der Waals surface area (Å²) in [5.74, 6) is -1.26. The fraction of sp³-hybridized carbons (Fsp3) is 0.625. The number of hydrogen-bond donors (Lipinski definition) is 2. The van der Waals surface area contributed by atoms with Crippen molar-refractivity contribution in [2.75, 3.05) is 17.4 Å². The molecule has 1 rings (SSSR count). The van der Waals surface area contributed by atoms with Gasteiger partial charge in [0.2, 0.25) is 0 Å². The molecule has 2 N–H and O–H groups in total. The summed E-state index contributed by atoms with van der Waals surface area (Å²) in [5.41, 5.74) is 2.98. The van der Waals surface area contributed by atoms with Crippen LogP contribution >= 0.6 is 22.9 Å². The maximum atomic E-state index is 9.86. The number of thiazole rings is 1. The maximum absolute atomic E-state index is 9.86. The Morgan fingerprint density at radius 1 is 1.21 bits per heavy atom. The maximum Gasteiger partial charge on any atom is 0.265 e. The largest absolute Gasteiger partial charge is 0.286 e. The first-order valence-corrected chi connectivity index (χ1v) is 9.53. The van der Waals surface area contributed by atoms with Crippen LogP contribution in [0.3, 0.4) is 0 Å². The average molecular weight is 352 g/mol. The molecule has 0 amide bonds. The predicted octanol–water partition coefficient (Wildman–Crippen LogP) is 0.995. The van der Waals surface area contributed by atoms with Gasteiger partial charge >= 0.3 is 0 Å². The Kier molecular flexibility index (Phi) is 8.01. The second-order valence-corrected chi connectivity index (χ2v) is 7.83. The number of rotatable bonds is 5. The summed E-state index contributed by atoms with van der Waals surface area (Å²) in [6.07, 6.45) is 0.956. The third kappa shape index (κ3) is 11.3. The topological polar surface area (TPSA) is 122 Å². The van der Waals surface area contributed by atoms with E-state index in [0.717, 1.165) is 12.1 Å². The van der Waals surface area contributed by atoms with Crippen molar-refractivity contribution in [1.82, 2.24) is 4.98 Å². The first-order chi connectivity index (χ1) is 8.55. The third-order valence-electron chi connectivity index (χ3n) is 1.77. The van der Waals surface area contributed by atoms with Crippen molar-refractivity contribution < 1.29 is 25.9 Å². The number of aryl methyl sites for hydroxylation is 2. The number of alkyl halides is 1. The highest BCUT2D eigenvalue weighted by atomic mass is 35.5. The van der Waals surface area contributed by atoms with Gasteiger partial charge in [0.1, 0.15) is 0 Å². The van der Waals surface area contributed by atoms with Gasteiger partial charge < -0.3 is 0 Å². The van der Waals surface area contributed by atoms with E-state index in [4.69, 9.17) is 20.7 Å². The van der Waals surface area contributed by atoms with Gasteiger partial charge in [-0.2, -0.15) is 16.8 Å². The second kappa shape index (κ2) is 8.12. The van der Waals surface area contributed by atoms with Crippen molar-refractivity contribution in [3.05, 3.63) is 16.1 Å². The SMILES string of the molecule is Cc1ncsc1CCCl.O=S(=O)(O)CCS(=O)(=O)O. The van der Waals surface area contributed by atoms with Gasteiger partial charge in [-0.1, -0.05) is 0 Å². The van der Waals surface area contributed by atoms with Gasteiger partial charge in [0, 0.05) is 10.8 Å². The molecule has 1 aromatic heterocycles. The normalized spacial score (nSPS) is 11.8. The van der Waals surface area contributed by atoms with Crippen molar-refractivity contribution in [3.63, 3.8) is 0 Å². The average Bonchev–Trinajstić information content (AvgIpc) is 2.62. The minimum Gasteiger partial charge on any atom is -0.286 e. The van der Waals surface area contributed by atoms with E-state index in [0.29, 0.717) is 5.88 Å². The summed E-state index contributed by atoms with van der Waals surface area (Å²) in [6.45, 7) is 2.01. The number of halogens is 1. The van der Waals surface area contributed by atoms with E-state index in [2.05, 4.69) is 4.98 Å². The molecule has 0 aliphatic carbocycles. The minimum atomic E-state index is -4.30. The number of aromatic nitrogens is 1. The Labute approximate surface area is 121 Å². The van der Waals surface area contributed by atoms with Crippen LogP contribution in [0.4, 0.5) is 0 Å². The molecule has 0 aliphatic rings. The minimum absolute atomic E-state index is 0.697. The van der Waals surface area contributed by atoms with Crippen LogP contribution in [-0.4, -0.2) is 48.3 Å². The van der Waals surface area contributed by atoms with Gasteiger partial charge in [0.15, 0.2) is 0 Å². The molecule has 0 saturated carbocycles. The van der Waals surface area contributed by atoms with Crippen molar-refractivity contribution in [3.8, 4) is 0 Å². The molecule has 0 atom stereocenters. The Morgan fingerprint density at radius 3 is 1.95 bits per heavy atom. The summed E-state index contributed by atoms with van der Waals surface area (Å²) in [5, 5.41) is 0. The molecule has 1 aromatic rings. The van der Waals surface area contributed by atoms with Crippen molar-refractivity contribution >= 4 is 43.2 Å². The fourth-order valence-electron chi connectivity index (χ4n) is 0.863. The fourth-order valence-corrected chi connectivity index (χ4v) is 3.63. The van der Waals surface area contributed by atoms with E-state index in [1.54, 1.807) is 11.3 Å². The van der Waals surface area contributed by atoms with E-state index < -0.39 is 31.7 Å². The van der Waals surface area contributed by atoms with Crippen LogP contribution in [0, 0.1) is 6.92 Å². The monoisotopic (exact) mass is 351 g/mol. The number of nitrogens with zero attached hydrogens (tertiary/aromatic N) is 1. The predicted molar refractivity (Wildman–Crippen MR) is 74.1 cm³/mol. The molecule has 0 bridgehead atoms. The van der Waals surface area contributed by atoms with Gasteiger partial charge in [-0.25, -0.2) is 4.98 Å². The quantitative estimate of drug-likeness (QED) is 0.599. The van der Waals surface area contributed by atoms with E-state index in [-0.39, 0.29) is 0 Å². The Hall–Kier alpha value is -0.260. The molecule has 0 unspecified atom stereocenters. The van der Waals surface area contributed by atoms with E-state index in [1.165, 1.54) is 4.88 Å². The van der Waals surface area contributed by atoms with Crippen LogP contribution in [0.1, 0.15) is 10.6 Å². The smallest absolute Gasteiger partial charge is 0.265 e. The third-order valence-corrected chi connectivity index (χ3v) is 4.65. The van der Waals surface area contributed by atoms with Gasteiger partial charge in [-0.3, -0.25) is 9.11 Å². The van der Waals surface area contributed by atoms with Crippen LogP contribution in [-0.2, 0) is 26.7 Å². The zero-order chi connectivity index (χ0) is 15.1. The van der Waals surface area contributed by atoms with E-state index in [1.807, 2.05) is 12.4 Å². The zero-order valence-corrected chi connectivity index (χ0v) is 13.2. The highest BCUT2D eigenvalue weighted by Crippen LogP contribution is 2.12. The summed E-state index contributed by atoms with van der Waals surface area (Å²) < 4.78 is 55.4. The molecule has 0 radical (unpaired) electrons. The van der Waals surface area contributed by atoms with Crippen molar-refractivity contribution in [2.45, 2.75) is 13.3 Å². The first-order valence-electron chi connectivity index (χ1n) is 4.90. The molecule has 0 fully saturated rings. The summed E-state index contributed by atoms with van der Waals surface area (Å²) in [7, 11) is -8.59. The van der Waals surface area contributed by atoms with Gasteiger partial charge in [-0.15, -0.1) is 22.9 Å². The lowest BCUT2D eigenvalue weighted by Gasteiger charge is -1.92.